The van der Waals surface area contributed by atoms with Gasteiger partial charge >= 0.3 is 12.5 Å². The van der Waals surface area contributed by atoms with Crippen molar-refractivity contribution in [2.45, 2.75) is 58.1 Å². The monoisotopic (exact) mass is 420 g/mol. The molecule has 0 saturated heterocycles. The number of alkyl halides is 5. The van der Waals surface area contributed by atoms with Crippen LogP contribution >= 0.6 is 0 Å². The minimum absolute atomic E-state index is 0.0483. The van der Waals surface area contributed by atoms with Gasteiger partial charge in [-0.15, -0.1) is 13.2 Å². The zero-order valence-electron chi connectivity index (χ0n) is 16.0. The van der Waals surface area contributed by atoms with Crippen molar-refractivity contribution in [3.63, 3.8) is 0 Å². The summed E-state index contributed by atoms with van der Waals surface area (Å²) in [5, 5.41) is 0. The second-order valence-electron chi connectivity index (χ2n) is 6.67. The SMILES string of the molecule is CCCCCc1ccc(C(F)(F)OC(C)c2ccc(OC(F)(F)F)c(F)c2)cc1. The Morgan fingerprint density at radius 2 is 1.59 bits per heavy atom. The van der Waals surface area contributed by atoms with Gasteiger partial charge in [0.05, 0.1) is 11.7 Å². The zero-order chi connectivity index (χ0) is 21.7. The largest absolute Gasteiger partial charge is 0.573 e. The van der Waals surface area contributed by atoms with Crippen LogP contribution in [0.2, 0.25) is 0 Å². The Bertz CT molecular complexity index is 787. The van der Waals surface area contributed by atoms with Gasteiger partial charge in [-0.3, -0.25) is 0 Å². The maximum atomic E-state index is 14.4. The first-order chi connectivity index (χ1) is 13.5. The molecule has 0 aliphatic carbocycles. The molecule has 0 radical (unpaired) electrons. The molecule has 0 aliphatic rings. The average Bonchev–Trinajstić information content (AvgIpc) is 2.62. The summed E-state index contributed by atoms with van der Waals surface area (Å²) in [5.74, 6) is -2.37. The normalized spacial score (nSPS) is 13.4. The van der Waals surface area contributed by atoms with Crippen LogP contribution in [0.1, 0.15) is 55.9 Å². The molecule has 160 valence electrons. The van der Waals surface area contributed by atoms with E-state index in [1.54, 1.807) is 12.1 Å². The van der Waals surface area contributed by atoms with Crippen molar-refractivity contribution in [2.24, 2.45) is 0 Å². The maximum absolute atomic E-state index is 14.4. The molecule has 0 amide bonds. The molecular weight excluding hydrogens is 398 g/mol. The number of aryl methyl sites for hydroxylation is 1. The van der Waals surface area contributed by atoms with E-state index in [4.69, 9.17) is 4.74 Å². The van der Waals surface area contributed by atoms with Crippen LogP contribution in [0, 0.1) is 5.82 Å². The molecule has 2 rings (SSSR count). The number of halogens is 6. The number of hydrogen-bond acceptors (Lipinski definition) is 2. The molecule has 2 nitrogen and oxygen atoms in total. The lowest BCUT2D eigenvalue weighted by molar-refractivity contribution is -0.275. The lowest BCUT2D eigenvalue weighted by Gasteiger charge is -2.23. The van der Waals surface area contributed by atoms with Crippen LogP contribution in [-0.2, 0) is 17.3 Å². The Morgan fingerprint density at radius 3 is 2.14 bits per heavy atom. The number of hydrogen-bond donors (Lipinski definition) is 0. The van der Waals surface area contributed by atoms with Crippen LogP contribution in [0.4, 0.5) is 26.3 Å². The summed E-state index contributed by atoms with van der Waals surface area (Å²) >= 11 is 0. The Labute approximate surface area is 165 Å². The van der Waals surface area contributed by atoms with Crippen molar-refractivity contribution in [3.05, 3.63) is 65.0 Å². The third kappa shape index (κ3) is 6.96. The Morgan fingerprint density at radius 1 is 0.931 bits per heavy atom. The van der Waals surface area contributed by atoms with E-state index in [1.807, 2.05) is 0 Å². The minimum atomic E-state index is -5.06. The molecule has 0 spiro atoms. The first-order valence-electron chi connectivity index (χ1n) is 9.22. The predicted molar refractivity (Wildman–Crippen MR) is 96.1 cm³/mol. The highest BCUT2D eigenvalue weighted by molar-refractivity contribution is 5.31. The molecule has 0 aliphatic heterocycles. The van der Waals surface area contributed by atoms with Gasteiger partial charge in [-0.1, -0.05) is 50.1 Å². The van der Waals surface area contributed by atoms with E-state index >= 15 is 0 Å². The molecule has 2 aromatic carbocycles. The second kappa shape index (κ2) is 9.52. The molecule has 0 aromatic heterocycles. The Hall–Kier alpha value is -2.22. The summed E-state index contributed by atoms with van der Waals surface area (Å²) in [4.78, 5) is 0. The highest BCUT2D eigenvalue weighted by atomic mass is 19.4. The van der Waals surface area contributed by atoms with Crippen LogP contribution in [-0.4, -0.2) is 6.36 Å². The van der Waals surface area contributed by atoms with E-state index in [0.717, 1.165) is 43.4 Å². The molecule has 8 heteroatoms. The smallest absolute Gasteiger partial charge is 0.403 e. The van der Waals surface area contributed by atoms with Crippen molar-refractivity contribution in [3.8, 4) is 5.75 Å². The fourth-order valence-electron chi connectivity index (χ4n) is 2.78. The molecule has 0 saturated carbocycles. The zero-order valence-corrected chi connectivity index (χ0v) is 16.0. The molecule has 0 heterocycles. The molecule has 0 N–H and O–H groups in total. The molecule has 1 atom stereocenters. The van der Waals surface area contributed by atoms with Crippen molar-refractivity contribution in [1.29, 1.82) is 0 Å². The number of ether oxygens (including phenoxy) is 2. The first kappa shape index (κ1) is 23.1. The van der Waals surface area contributed by atoms with Gasteiger partial charge in [-0.05, 0) is 43.0 Å². The third-order valence-corrected chi connectivity index (χ3v) is 4.33. The Balaban J connectivity index is 2.06. The Kier molecular flexibility index (Phi) is 7.57. The number of benzene rings is 2. The van der Waals surface area contributed by atoms with E-state index in [2.05, 4.69) is 11.7 Å². The van der Waals surface area contributed by atoms with E-state index in [9.17, 15) is 26.3 Å². The van der Waals surface area contributed by atoms with E-state index in [1.165, 1.54) is 19.1 Å². The molecule has 0 bridgehead atoms. The number of rotatable bonds is 9. The van der Waals surface area contributed by atoms with Gasteiger partial charge in [0.2, 0.25) is 0 Å². The maximum Gasteiger partial charge on any atom is 0.573 e. The van der Waals surface area contributed by atoms with Crippen molar-refractivity contribution in [1.82, 2.24) is 0 Å². The summed E-state index contributed by atoms with van der Waals surface area (Å²) < 4.78 is 87.6. The molecule has 29 heavy (non-hydrogen) atoms. The van der Waals surface area contributed by atoms with Gasteiger partial charge in [-0.2, -0.15) is 8.78 Å². The van der Waals surface area contributed by atoms with Crippen LogP contribution in [0.15, 0.2) is 42.5 Å². The van der Waals surface area contributed by atoms with Crippen LogP contribution < -0.4 is 4.74 Å². The third-order valence-electron chi connectivity index (χ3n) is 4.33. The summed E-state index contributed by atoms with van der Waals surface area (Å²) in [6, 6.07) is 8.21. The van der Waals surface area contributed by atoms with E-state index in [0.29, 0.717) is 6.07 Å². The topological polar surface area (TPSA) is 18.5 Å². The molecular formula is C21H22F6O2. The van der Waals surface area contributed by atoms with Gasteiger partial charge in [0.1, 0.15) is 0 Å². The van der Waals surface area contributed by atoms with Crippen LogP contribution in [0.3, 0.4) is 0 Å². The standard InChI is InChI=1S/C21H22F6O2/c1-3-4-5-6-15-7-10-17(11-8-15)20(23,24)28-14(2)16-9-12-19(18(22)13-16)29-21(25,26)27/h7-14H,3-6H2,1-2H3. The van der Waals surface area contributed by atoms with Crippen LogP contribution in [0.5, 0.6) is 5.75 Å². The first-order valence-corrected chi connectivity index (χ1v) is 9.22. The lowest BCUT2D eigenvalue weighted by atomic mass is 10.0. The molecule has 1 unspecified atom stereocenters. The highest BCUT2D eigenvalue weighted by Gasteiger charge is 2.36. The van der Waals surface area contributed by atoms with Gasteiger partial charge < -0.3 is 9.47 Å². The summed E-state index contributed by atoms with van der Waals surface area (Å²) in [6.45, 7) is 3.33. The van der Waals surface area contributed by atoms with Crippen LogP contribution in [0.25, 0.3) is 0 Å². The molecule has 0 fully saturated rings. The van der Waals surface area contributed by atoms with Gasteiger partial charge in [-0.25, -0.2) is 4.39 Å². The van der Waals surface area contributed by atoms with Gasteiger partial charge in [0.25, 0.3) is 0 Å². The van der Waals surface area contributed by atoms with Crippen molar-refractivity contribution >= 4 is 0 Å². The minimum Gasteiger partial charge on any atom is -0.403 e. The van der Waals surface area contributed by atoms with Gasteiger partial charge in [0, 0.05) is 0 Å². The average molecular weight is 420 g/mol. The van der Waals surface area contributed by atoms with E-state index < -0.39 is 30.1 Å². The number of unbranched alkanes of at least 4 members (excludes halogenated alkanes) is 2. The predicted octanol–water partition coefficient (Wildman–Crippen LogP) is 7.28. The molecule has 2 aromatic rings. The summed E-state index contributed by atoms with van der Waals surface area (Å²) in [6.07, 6.45) is -6.10. The summed E-state index contributed by atoms with van der Waals surface area (Å²) in [7, 11) is 0. The highest BCUT2D eigenvalue weighted by Crippen LogP contribution is 2.36. The quantitative estimate of drug-likeness (QED) is 0.313. The van der Waals surface area contributed by atoms with Crippen molar-refractivity contribution in [2.75, 3.05) is 0 Å². The van der Waals surface area contributed by atoms with Gasteiger partial charge in [0.15, 0.2) is 11.6 Å². The van der Waals surface area contributed by atoms with Crippen molar-refractivity contribution < 1.29 is 35.8 Å². The summed E-state index contributed by atoms with van der Waals surface area (Å²) in [5.41, 5.74) is 0.530. The fourth-order valence-corrected chi connectivity index (χ4v) is 2.78. The van der Waals surface area contributed by atoms with E-state index in [-0.39, 0.29) is 11.1 Å². The fraction of sp³-hybridized carbons (Fsp3) is 0.429. The lowest BCUT2D eigenvalue weighted by Crippen LogP contribution is -2.21. The second-order valence-corrected chi connectivity index (χ2v) is 6.67.